The van der Waals surface area contributed by atoms with E-state index in [9.17, 15) is 0 Å². The standard InChI is InChI=1S/C12H20N4O2/c1-3-16-4-5-18-10(8-16)7-13-11-6-12(17-2)15-9-14-11/h6,9-10H,3-5,7-8H2,1-2H3,(H,13,14,15). The number of likely N-dealkylation sites (N-methyl/N-ethyl adjacent to an activating group) is 1. The van der Waals surface area contributed by atoms with Gasteiger partial charge in [-0.3, -0.25) is 4.90 Å². The highest BCUT2D eigenvalue weighted by Crippen LogP contribution is 2.11. The molecule has 1 fully saturated rings. The van der Waals surface area contributed by atoms with E-state index in [0.717, 1.165) is 38.6 Å². The fourth-order valence-corrected chi connectivity index (χ4v) is 1.96. The van der Waals surface area contributed by atoms with E-state index in [1.807, 2.05) is 0 Å². The zero-order chi connectivity index (χ0) is 12.8. The minimum Gasteiger partial charge on any atom is -0.481 e. The molecule has 0 spiro atoms. The molecule has 1 unspecified atom stereocenters. The number of hydrogen-bond acceptors (Lipinski definition) is 6. The predicted octanol–water partition coefficient (Wildman–Crippen LogP) is 0.618. The maximum atomic E-state index is 5.71. The lowest BCUT2D eigenvalue weighted by atomic mass is 10.2. The number of rotatable bonds is 5. The molecule has 1 N–H and O–H groups in total. The minimum absolute atomic E-state index is 0.208. The number of anilines is 1. The largest absolute Gasteiger partial charge is 0.481 e. The summed E-state index contributed by atoms with van der Waals surface area (Å²) in [6.45, 7) is 6.77. The van der Waals surface area contributed by atoms with Crippen LogP contribution in [0.2, 0.25) is 0 Å². The first kappa shape index (κ1) is 13.0. The molecule has 0 aromatic carbocycles. The topological polar surface area (TPSA) is 59.5 Å². The van der Waals surface area contributed by atoms with Crippen molar-refractivity contribution in [1.29, 1.82) is 0 Å². The first-order valence-corrected chi connectivity index (χ1v) is 6.25. The summed E-state index contributed by atoms with van der Waals surface area (Å²) in [6, 6.07) is 1.78. The fourth-order valence-electron chi connectivity index (χ4n) is 1.96. The van der Waals surface area contributed by atoms with Crippen LogP contribution in [-0.4, -0.2) is 60.9 Å². The number of aromatic nitrogens is 2. The molecule has 1 aromatic rings. The summed E-state index contributed by atoms with van der Waals surface area (Å²) in [7, 11) is 1.59. The van der Waals surface area contributed by atoms with Crippen LogP contribution in [0.1, 0.15) is 6.92 Å². The lowest BCUT2D eigenvalue weighted by molar-refractivity contribution is -0.0192. The maximum absolute atomic E-state index is 5.71. The smallest absolute Gasteiger partial charge is 0.218 e. The quantitative estimate of drug-likeness (QED) is 0.829. The van der Waals surface area contributed by atoms with E-state index < -0.39 is 0 Å². The molecular weight excluding hydrogens is 232 g/mol. The van der Waals surface area contributed by atoms with Gasteiger partial charge in [0.15, 0.2) is 0 Å². The molecule has 1 aliphatic heterocycles. The molecular formula is C12H20N4O2. The van der Waals surface area contributed by atoms with Crippen LogP contribution in [0.15, 0.2) is 12.4 Å². The van der Waals surface area contributed by atoms with Gasteiger partial charge >= 0.3 is 0 Å². The molecule has 1 saturated heterocycles. The number of methoxy groups -OCH3 is 1. The molecule has 1 atom stereocenters. The SMILES string of the molecule is CCN1CCOC(CNc2cc(OC)ncn2)C1. The molecule has 0 amide bonds. The van der Waals surface area contributed by atoms with Crippen molar-refractivity contribution in [1.82, 2.24) is 14.9 Å². The first-order chi connectivity index (χ1) is 8.81. The van der Waals surface area contributed by atoms with E-state index in [1.165, 1.54) is 6.33 Å². The minimum atomic E-state index is 0.208. The summed E-state index contributed by atoms with van der Waals surface area (Å²) in [5.41, 5.74) is 0. The van der Waals surface area contributed by atoms with Crippen molar-refractivity contribution in [3.8, 4) is 5.88 Å². The Labute approximate surface area is 107 Å². The molecule has 6 nitrogen and oxygen atoms in total. The van der Waals surface area contributed by atoms with E-state index in [-0.39, 0.29) is 6.10 Å². The molecule has 0 saturated carbocycles. The molecule has 18 heavy (non-hydrogen) atoms. The molecule has 0 radical (unpaired) electrons. The summed E-state index contributed by atoms with van der Waals surface area (Å²) >= 11 is 0. The third-order valence-corrected chi connectivity index (χ3v) is 3.03. The van der Waals surface area contributed by atoms with Crippen LogP contribution in [0, 0.1) is 0 Å². The highest BCUT2D eigenvalue weighted by atomic mass is 16.5. The van der Waals surface area contributed by atoms with Crippen molar-refractivity contribution >= 4 is 5.82 Å². The van der Waals surface area contributed by atoms with Gasteiger partial charge in [-0.2, -0.15) is 0 Å². The van der Waals surface area contributed by atoms with Crippen molar-refractivity contribution in [2.24, 2.45) is 0 Å². The lowest BCUT2D eigenvalue weighted by Gasteiger charge is -2.32. The number of hydrogen-bond donors (Lipinski definition) is 1. The first-order valence-electron chi connectivity index (χ1n) is 6.25. The Morgan fingerprint density at radius 3 is 3.22 bits per heavy atom. The number of ether oxygens (including phenoxy) is 2. The van der Waals surface area contributed by atoms with E-state index >= 15 is 0 Å². The molecule has 1 aliphatic rings. The Morgan fingerprint density at radius 1 is 1.56 bits per heavy atom. The Balaban J connectivity index is 1.83. The van der Waals surface area contributed by atoms with Crippen molar-refractivity contribution in [3.63, 3.8) is 0 Å². The Hall–Kier alpha value is -1.40. The average molecular weight is 252 g/mol. The highest BCUT2D eigenvalue weighted by molar-refractivity contribution is 5.37. The van der Waals surface area contributed by atoms with Gasteiger partial charge in [0.2, 0.25) is 5.88 Å². The van der Waals surface area contributed by atoms with Gasteiger partial charge in [-0.1, -0.05) is 6.92 Å². The average Bonchev–Trinajstić information content (AvgIpc) is 2.45. The van der Waals surface area contributed by atoms with E-state index in [1.54, 1.807) is 13.2 Å². The maximum Gasteiger partial charge on any atom is 0.218 e. The molecule has 2 heterocycles. The normalized spacial score (nSPS) is 20.7. The van der Waals surface area contributed by atoms with Crippen LogP contribution >= 0.6 is 0 Å². The second kappa shape index (κ2) is 6.51. The molecule has 2 rings (SSSR count). The summed E-state index contributed by atoms with van der Waals surface area (Å²) in [5, 5.41) is 3.25. The van der Waals surface area contributed by atoms with Crippen molar-refractivity contribution in [3.05, 3.63) is 12.4 Å². The summed E-state index contributed by atoms with van der Waals surface area (Å²) in [5.74, 6) is 1.33. The second-order valence-corrected chi connectivity index (χ2v) is 4.21. The van der Waals surface area contributed by atoms with Gasteiger partial charge < -0.3 is 14.8 Å². The van der Waals surface area contributed by atoms with Crippen LogP contribution in [0.3, 0.4) is 0 Å². The van der Waals surface area contributed by atoms with Gasteiger partial charge in [0.25, 0.3) is 0 Å². The Kier molecular flexibility index (Phi) is 4.72. The van der Waals surface area contributed by atoms with Gasteiger partial charge in [0.05, 0.1) is 19.8 Å². The highest BCUT2D eigenvalue weighted by Gasteiger charge is 2.18. The van der Waals surface area contributed by atoms with Crippen LogP contribution < -0.4 is 10.1 Å². The van der Waals surface area contributed by atoms with Crippen molar-refractivity contribution in [2.45, 2.75) is 13.0 Å². The summed E-state index contributed by atoms with van der Waals surface area (Å²) in [4.78, 5) is 10.5. The third-order valence-electron chi connectivity index (χ3n) is 3.03. The van der Waals surface area contributed by atoms with Crippen LogP contribution in [0.25, 0.3) is 0 Å². The van der Waals surface area contributed by atoms with Crippen molar-refractivity contribution in [2.75, 3.05) is 45.2 Å². The van der Waals surface area contributed by atoms with Gasteiger partial charge in [-0.05, 0) is 6.54 Å². The van der Waals surface area contributed by atoms with E-state index in [2.05, 4.69) is 27.1 Å². The van der Waals surface area contributed by atoms with Crippen LogP contribution in [0.4, 0.5) is 5.82 Å². The molecule has 6 heteroatoms. The van der Waals surface area contributed by atoms with Gasteiger partial charge in [-0.15, -0.1) is 0 Å². The second-order valence-electron chi connectivity index (χ2n) is 4.21. The Morgan fingerprint density at radius 2 is 2.44 bits per heavy atom. The van der Waals surface area contributed by atoms with E-state index in [4.69, 9.17) is 9.47 Å². The Bertz CT molecular complexity index is 375. The molecule has 1 aromatic heterocycles. The van der Waals surface area contributed by atoms with Gasteiger partial charge in [0.1, 0.15) is 12.1 Å². The lowest BCUT2D eigenvalue weighted by Crippen LogP contribution is -2.45. The monoisotopic (exact) mass is 252 g/mol. The van der Waals surface area contributed by atoms with Crippen molar-refractivity contribution < 1.29 is 9.47 Å². The van der Waals surface area contributed by atoms with Crippen LogP contribution in [0.5, 0.6) is 5.88 Å². The zero-order valence-corrected chi connectivity index (χ0v) is 10.9. The van der Waals surface area contributed by atoms with Crippen LogP contribution in [-0.2, 0) is 4.74 Å². The zero-order valence-electron chi connectivity index (χ0n) is 10.9. The third kappa shape index (κ3) is 3.54. The van der Waals surface area contributed by atoms with Gasteiger partial charge in [-0.25, -0.2) is 9.97 Å². The molecule has 0 bridgehead atoms. The number of nitrogens with one attached hydrogen (secondary N) is 1. The number of nitrogens with zero attached hydrogens (tertiary/aromatic N) is 3. The molecule has 100 valence electrons. The predicted molar refractivity (Wildman–Crippen MR) is 68.9 cm³/mol. The fraction of sp³-hybridized carbons (Fsp3) is 0.667. The van der Waals surface area contributed by atoms with Gasteiger partial charge in [0, 0.05) is 25.7 Å². The number of morpholine rings is 1. The summed E-state index contributed by atoms with van der Waals surface area (Å²) in [6.07, 6.45) is 1.70. The summed E-state index contributed by atoms with van der Waals surface area (Å²) < 4.78 is 10.8. The van der Waals surface area contributed by atoms with E-state index in [0.29, 0.717) is 5.88 Å². The molecule has 0 aliphatic carbocycles.